The smallest absolute Gasteiger partial charge is 0.295 e. The molecule has 3 aromatic rings. The zero-order chi connectivity index (χ0) is 24.4. The summed E-state index contributed by atoms with van der Waals surface area (Å²) >= 11 is 3.42. The summed E-state index contributed by atoms with van der Waals surface area (Å²) in [4.78, 5) is 32.0. The largest absolute Gasteiger partial charge is 0.507 e. The molecule has 2 aromatic carbocycles. The Hall–Kier alpha value is -3.45. The van der Waals surface area contributed by atoms with Crippen molar-refractivity contribution in [3.63, 3.8) is 0 Å². The fourth-order valence-electron chi connectivity index (χ4n) is 4.11. The molecule has 1 saturated heterocycles. The monoisotopic (exact) mass is 520 g/mol. The molecule has 0 spiro atoms. The summed E-state index contributed by atoms with van der Waals surface area (Å²) in [7, 11) is 1.55. The van der Waals surface area contributed by atoms with Crippen LogP contribution in [0.5, 0.6) is 5.75 Å². The van der Waals surface area contributed by atoms with E-state index < -0.39 is 17.7 Å². The maximum Gasteiger partial charge on any atom is 0.295 e. The molecule has 4 rings (SSSR count). The number of benzene rings is 2. The first-order valence-corrected chi connectivity index (χ1v) is 11.7. The number of hydrogen-bond acceptors (Lipinski definition) is 5. The van der Waals surface area contributed by atoms with Gasteiger partial charge in [-0.2, -0.15) is 0 Å². The van der Waals surface area contributed by atoms with Gasteiger partial charge < -0.3 is 14.7 Å². The second-order valence-corrected chi connectivity index (χ2v) is 9.31. The SMILES string of the molecule is COc1ccc(/C(O)=C2/C(=O)C(=O)N(Cc3cccnc3)C2c2ccc(C(C)C)cc2)cc1Br. The van der Waals surface area contributed by atoms with Crippen molar-refractivity contribution in [2.24, 2.45) is 0 Å². The van der Waals surface area contributed by atoms with E-state index in [-0.39, 0.29) is 17.9 Å². The number of ketones is 1. The molecule has 1 aromatic heterocycles. The van der Waals surface area contributed by atoms with Gasteiger partial charge in [0.1, 0.15) is 11.5 Å². The van der Waals surface area contributed by atoms with E-state index in [1.54, 1.807) is 43.8 Å². The Morgan fingerprint density at radius 3 is 2.47 bits per heavy atom. The van der Waals surface area contributed by atoms with E-state index in [1.807, 2.05) is 30.3 Å². The van der Waals surface area contributed by atoms with E-state index in [2.05, 4.69) is 34.8 Å². The third-order valence-corrected chi connectivity index (χ3v) is 6.58. The summed E-state index contributed by atoms with van der Waals surface area (Å²) in [6, 6.07) is 15.7. The van der Waals surface area contributed by atoms with Crippen LogP contribution in [0.4, 0.5) is 0 Å². The highest BCUT2D eigenvalue weighted by Gasteiger charge is 2.46. The number of pyridine rings is 1. The number of methoxy groups -OCH3 is 1. The quantitative estimate of drug-likeness (QED) is 0.260. The minimum absolute atomic E-state index is 0.0586. The summed E-state index contributed by atoms with van der Waals surface area (Å²) in [6.45, 7) is 4.40. The van der Waals surface area contributed by atoms with Gasteiger partial charge in [-0.25, -0.2) is 0 Å². The number of Topliss-reactive ketones (excluding diaryl/α,β-unsaturated/α-hetero) is 1. The van der Waals surface area contributed by atoms with Gasteiger partial charge >= 0.3 is 0 Å². The number of ether oxygens (including phenoxy) is 1. The number of carbonyl (C=O) groups is 2. The minimum Gasteiger partial charge on any atom is -0.507 e. The van der Waals surface area contributed by atoms with Gasteiger partial charge in [-0.05, 0) is 62.8 Å². The average molecular weight is 521 g/mol. The standard InChI is InChI=1S/C27H25BrN2O4/c1-16(2)18-6-8-19(9-7-18)24-23(25(31)20-10-11-22(34-3)21(28)13-20)26(32)27(33)30(24)15-17-5-4-12-29-14-17/h4-14,16,24,31H,15H2,1-3H3/b25-23-. The zero-order valence-electron chi connectivity index (χ0n) is 19.2. The average Bonchev–Trinajstić information content (AvgIpc) is 3.09. The normalized spacial score (nSPS) is 17.4. The second kappa shape index (κ2) is 9.81. The fourth-order valence-corrected chi connectivity index (χ4v) is 4.65. The van der Waals surface area contributed by atoms with Crippen molar-refractivity contribution in [3.8, 4) is 5.75 Å². The number of nitrogens with zero attached hydrogens (tertiary/aromatic N) is 2. The molecule has 6 nitrogen and oxygen atoms in total. The number of amides is 1. The van der Waals surface area contributed by atoms with E-state index in [0.29, 0.717) is 21.7 Å². The maximum atomic E-state index is 13.2. The molecule has 0 saturated carbocycles. The van der Waals surface area contributed by atoms with Crippen LogP contribution in [0.2, 0.25) is 0 Å². The molecule has 0 aliphatic carbocycles. The number of rotatable bonds is 6. The Labute approximate surface area is 207 Å². The molecular formula is C27H25BrN2O4. The van der Waals surface area contributed by atoms with Crippen molar-refractivity contribution >= 4 is 33.4 Å². The Bertz CT molecular complexity index is 1250. The van der Waals surface area contributed by atoms with Crippen molar-refractivity contribution in [2.75, 3.05) is 7.11 Å². The van der Waals surface area contributed by atoms with Crippen molar-refractivity contribution in [1.82, 2.24) is 9.88 Å². The Balaban J connectivity index is 1.85. The minimum atomic E-state index is -0.734. The lowest BCUT2D eigenvalue weighted by Crippen LogP contribution is -2.29. The van der Waals surface area contributed by atoms with Crippen molar-refractivity contribution in [1.29, 1.82) is 0 Å². The number of hydrogen-bond donors (Lipinski definition) is 1. The summed E-state index contributed by atoms with van der Waals surface area (Å²) in [6.07, 6.45) is 3.32. The number of carbonyl (C=O) groups excluding carboxylic acids is 2. The highest BCUT2D eigenvalue weighted by Crippen LogP contribution is 2.41. The van der Waals surface area contributed by atoms with Crippen LogP contribution in [0.15, 0.2) is 77.0 Å². The second-order valence-electron chi connectivity index (χ2n) is 8.46. The van der Waals surface area contributed by atoms with E-state index in [9.17, 15) is 14.7 Å². The molecule has 1 amide bonds. The maximum absolute atomic E-state index is 13.2. The number of aromatic nitrogens is 1. The zero-order valence-corrected chi connectivity index (χ0v) is 20.7. The van der Waals surface area contributed by atoms with E-state index >= 15 is 0 Å². The van der Waals surface area contributed by atoms with E-state index in [0.717, 1.165) is 16.7 Å². The van der Waals surface area contributed by atoms with Crippen LogP contribution < -0.4 is 4.74 Å². The molecule has 0 bridgehead atoms. The summed E-state index contributed by atoms with van der Waals surface area (Å²) < 4.78 is 5.89. The van der Waals surface area contributed by atoms with Crippen LogP contribution in [0.1, 0.15) is 48.1 Å². The molecule has 174 valence electrons. The highest BCUT2D eigenvalue weighted by atomic mass is 79.9. The third-order valence-electron chi connectivity index (χ3n) is 5.96. The van der Waals surface area contributed by atoms with Gasteiger partial charge in [0.15, 0.2) is 0 Å². The first-order valence-electron chi connectivity index (χ1n) is 10.9. The molecule has 2 heterocycles. The van der Waals surface area contributed by atoms with Gasteiger partial charge in [-0.15, -0.1) is 0 Å². The molecule has 1 N–H and O–H groups in total. The topological polar surface area (TPSA) is 79.7 Å². The third kappa shape index (κ3) is 4.48. The molecule has 1 aliphatic rings. The first kappa shape index (κ1) is 23.7. The van der Waals surface area contributed by atoms with Crippen LogP contribution >= 0.6 is 15.9 Å². The summed E-state index contributed by atoms with van der Waals surface area (Å²) in [5.41, 5.74) is 3.16. The molecule has 1 aliphatic heterocycles. The molecular weight excluding hydrogens is 496 g/mol. The Kier molecular flexibility index (Phi) is 6.84. The van der Waals surface area contributed by atoms with Crippen LogP contribution in [0.3, 0.4) is 0 Å². The van der Waals surface area contributed by atoms with Crippen LogP contribution in [0, 0.1) is 0 Å². The lowest BCUT2D eigenvalue weighted by atomic mass is 9.93. The number of halogens is 1. The Morgan fingerprint density at radius 1 is 1.15 bits per heavy atom. The molecule has 1 atom stereocenters. The fraction of sp³-hybridized carbons (Fsp3) is 0.222. The van der Waals surface area contributed by atoms with Gasteiger partial charge in [-0.1, -0.05) is 44.2 Å². The molecule has 1 unspecified atom stereocenters. The summed E-state index contributed by atoms with van der Waals surface area (Å²) in [5, 5.41) is 11.3. The molecule has 0 radical (unpaired) electrons. The number of likely N-dealkylation sites (tertiary alicyclic amines) is 1. The summed E-state index contributed by atoms with van der Waals surface area (Å²) in [5.74, 6) is -0.669. The predicted molar refractivity (Wildman–Crippen MR) is 133 cm³/mol. The van der Waals surface area contributed by atoms with Gasteiger partial charge in [0.25, 0.3) is 11.7 Å². The highest BCUT2D eigenvalue weighted by molar-refractivity contribution is 9.10. The van der Waals surface area contributed by atoms with Crippen LogP contribution in [-0.2, 0) is 16.1 Å². The number of aliphatic hydroxyl groups is 1. The van der Waals surface area contributed by atoms with Gasteiger partial charge in [-0.3, -0.25) is 14.6 Å². The predicted octanol–water partition coefficient (Wildman–Crippen LogP) is 5.60. The first-order chi connectivity index (χ1) is 16.3. The van der Waals surface area contributed by atoms with Crippen molar-refractivity contribution < 1.29 is 19.4 Å². The van der Waals surface area contributed by atoms with E-state index in [1.165, 1.54) is 4.90 Å². The molecule has 7 heteroatoms. The Morgan fingerprint density at radius 2 is 1.88 bits per heavy atom. The van der Waals surface area contributed by atoms with E-state index in [4.69, 9.17) is 4.74 Å². The molecule has 34 heavy (non-hydrogen) atoms. The molecule has 1 fully saturated rings. The van der Waals surface area contributed by atoms with Crippen LogP contribution in [-0.4, -0.2) is 33.8 Å². The van der Waals surface area contributed by atoms with Crippen LogP contribution in [0.25, 0.3) is 5.76 Å². The van der Waals surface area contributed by atoms with Gasteiger partial charge in [0, 0.05) is 24.5 Å². The number of aliphatic hydroxyl groups excluding tert-OH is 1. The van der Waals surface area contributed by atoms with Crippen molar-refractivity contribution in [3.05, 3.63) is 99.3 Å². The van der Waals surface area contributed by atoms with Gasteiger partial charge in [0.05, 0.1) is 23.2 Å². The van der Waals surface area contributed by atoms with Gasteiger partial charge in [0.2, 0.25) is 0 Å². The lowest BCUT2D eigenvalue weighted by molar-refractivity contribution is -0.140. The lowest BCUT2D eigenvalue weighted by Gasteiger charge is -2.25. The van der Waals surface area contributed by atoms with Crippen molar-refractivity contribution in [2.45, 2.75) is 32.4 Å².